The molecule has 6 heteroatoms. The molecule has 2 rings (SSSR count). The molecular weight excluding hydrogens is 286 g/mol. The van der Waals surface area contributed by atoms with Gasteiger partial charge in [-0.1, -0.05) is 6.92 Å². The van der Waals surface area contributed by atoms with E-state index in [4.69, 9.17) is 10.5 Å². The van der Waals surface area contributed by atoms with E-state index in [2.05, 4.69) is 29.3 Å². The lowest BCUT2D eigenvalue weighted by Crippen LogP contribution is -2.47. The van der Waals surface area contributed by atoms with Crippen LogP contribution in [0.4, 0.5) is 0 Å². The number of nitrogens with zero attached hydrogens (tertiary/aromatic N) is 1. The van der Waals surface area contributed by atoms with Crippen molar-refractivity contribution in [1.29, 1.82) is 0 Å². The Kier molecular flexibility index (Phi) is 6.17. The fourth-order valence-electron chi connectivity index (χ4n) is 2.63. The molecular formula is C15H25N3O2S. The van der Waals surface area contributed by atoms with E-state index < -0.39 is 0 Å². The van der Waals surface area contributed by atoms with Gasteiger partial charge in [0.25, 0.3) is 0 Å². The Labute approximate surface area is 130 Å². The first-order valence-electron chi connectivity index (χ1n) is 7.52. The number of carbonyl (C=O) groups excluding carboxylic acids is 1. The van der Waals surface area contributed by atoms with Crippen molar-refractivity contribution in [3.05, 3.63) is 21.9 Å². The van der Waals surface area contributed by atoms with Gasteiger partial charge in [-0.05, 0) is 25.5 Å². The van der Waals surface area contributed by atoms with Crippen LogP contribution in [0.25, 0.3) is 0 Å². The lowest BCUT2D eigenvalue weighted by atomic mass is 10.1. The molecule has 0 unspecified atom stereocenters. The molecule has 1 amide bonds. The summed E-state index contributed by atoms with van der Waals surface area (Å²) in [5.41, 5.74) is 5.42. The molecule has 3 N–H and O–H groups in total. The Morgan fingerprint density at radius 3 is 2.71 bits per heavy atom. The van der Waals surface area contributed by atoms with Crippen LogP contribution in [0.15, 0.2) is 12.1 Å². The third-order valence-electron chi connectivity index (χ3n) is 3.89. The second kappa shape index (κ2) is 7.89. The summed E-state index contributed by atoms with van der Waals surface area (Å²) in [7, 11) is 0. The minimum absolute atomic E-state index is 0.255. The minimum Gasteiger partial charge on any atom is -0.379 e. The van der Waals surface area contributed by atoms with Crippen LogP contribution in [-0.4, -0.2) is 49.7 Å². The van der Waals surface area contributed by atoms with Crippen LogP contribution in [0.1, 0.15) is 29.1 Å². The van der Waals surface area contributed by atoms with Crippen LogP contribution in [0.5, 0.6) is 0 Å². The molecule has 0 saturated carbocycles. The number of ether oxygens (including phenoxy) is 1. The Balaban J connectivity index is 2.06. The summed E-state index contributed by atoms with van der Waals surface area (Å²) in [6.07, 6.45) is 0.717. The number of hydrogen-bond donors (Lipinski definition) is 2. The molecule has 21 heavy (non-hydrogen) atoms. The molecule has 2 heterocycles. The Bertz CT molecular complexity index is 458. The van der Waals surface area contributed by atoms with Crippen molar-refractivity contribution in [1.82, 2.24) is 10.2 Å². The first kappa shape index (κ1) is 16.4. The van der Waals surface area contributed by atoms with Gasteiger partial charge in [0.1, 0.15) is 0 Å². The number of carbonyl (C=O) groups is 1. The normalized spacial score (nSPS) is 19.3. The van der Waals surface area contributed by atoms with Crippen LogP contribution >= 0.6 is 11.3 Å². The second-order valence-electron chi connectivity index (χ2n) is 5.38. The lowest BCUT2D eigenvalue weighted by Gasteiger charge is -2.34. The standard InChI is InChI=1S/C15H25N3O2S/c1-3-12(15(16)19)17-10-13(14-5-4-11(2)21-14)18-6-8-20-9-7-18/h4-5,12-13,17H,3,6-10H2,1-2H3,(H2,16,19)/t12-,13+/m0/s1. The molecule has 2 atom stereocenters. The summed E-state index contributed by atoms with van der Waals surface area (Å²) in [5.74, 6) is -0.277. The SMILES string of the molecule is CC[C@H](NC[C@H](c1ccc(C)s1)N1CCOCC1)C(N)=O. The number of hydrogen-bond acceptors (Lipinski definition) is 5. The van der Waals surface area contributed by atoms with Gasteiger partial charge in [0.15, 0.2) is 0 Å². The van der Waals surface area contributed by atoms with E-state index in [0.717, 1.165) is 32.8 Å². The number of nitrogens with one attached hydrogen (secondary N) is 1. The summed E-state index contributed by atoms with van der Waals surface area (Å²) in [6.45, 7) is 8.23. The molecule has 0 bridgehead atoms. The van der Waals surface area contributed by atoms with Crippen molar-refractivity contribution in [2.45, 2.75) is 32.4 Å². The zero-order valence-corrected chi connectivity index (χ0v) is 13.6. The van der Waals surface area contributed by atoms with Crippen molar-refractivity contribution in [3.63, 3.8) is 0 Å². The highest BCUT2D eigenvalue weighted by molar-refractivity contribution is 7.12. The molecule has 1 aromatic heterocycles. The van der Waals surface area contributed by atoms with E-state index in [1.165, 1.54) is 9.75 Å². The Hall–Kier alpha value is -0.950. The van der Waals surface area contributed by atoms with E-state index >= 15 is 0 Å². The molecule has 1 aliphatic rings. The third kappa shape index (κ3) is 4.51. The summed E-state index contributed by atoms with van der Waals surface area (Å²) in [6, 6.07) is 4.36. The van der Waals surface area contributed by atoms with E-state index in [1.807, 2.05) is 18.3 Å². The number of morpholine rings is 1. The minimum atomic E-state index is -0.277. The molecule has 0 spiro atoms. The van der Waals surface area contributed by atoms with Gasteiger partial charge < -0.3 is 15.8 Å². The van der Waals surface area contributed by atoms with E-state index in [1.54, 1.807) is 0 Å². The average Bonchev–Trinajstić information content (AvgIpc) is 2.90. The monoisotopic (exact) mass is 311 g/mol. The highest BCUT2D eigenvalue weighted by Gasteiger charge is 2.25. The summed E-state index contributed by atoms with van der Waals surface area (Å²) in [5, 5.41) is 3.32. The van der Waals surface area contributed by atoms with Crippen LogP contribution in [-0.2, 0) is 9.53 Å². The van der Waals surface area contributed by atoms with Crippen LogP contribution in [0.3, 0.4) is 0 Å². The topological polar surface area (TPSA) is 67.6 Å². The van der Waals surface area contributed by atoms with E-state index in [0.29, 0.717) is 6.42 Å². The largest absolute Gasteiger partial charge is 0.379 e. The van der Waals surface area contributed by atoms with Crippen molar-refractivity contribution < 1.29 is 9.53 Å². The van der Waals surface area contributed by atoms with Gasteiger partial charge in [-0.15, -0.1) is 11.3 Å². The fourth-order valence-corrected chi connectivity index (χ4v) is 3.64. The summed E-state index contributed by atoms with van der Waals surface area (Å²) in [4.78, 5) is 16.5. The predicted molar refractivity (Wildman–Crippen MR) is 85.5 cm³/mol. The second-order valence-corrected chi connectivity index (χ2v) is 6.70. The van der Waals surface area contributed by atoms with Gasteiger partial charge in [0.05, 0.1) is 25.3 Å². The molecule has 0 aromatic carbocycles. The summed E-state index contributed by atoms with van der Waals surface area (Å²) >= 11 is 1.82. The zero-order valence-electron chi connectivity index (χ0n) is 12.8. The maximum absolute atomic E-state index is 11.4. The van der Waals surface area contributed by atoms with Gasteiger partial charge in [-0.2, -0.15) is 0 Å². The predicted octanol–water partition coefficient (Wildman–Crippen LogP) is 1.28. The molecule has 0 aliphatic carbocycles. The molecule has 1 aromatic rings. The molecule has 5 nitrogen and oxygen atoms in total. The maximum atomic E-state index is 11.4. The van der Waals surface area contributed by atoms with Gasteiger partial charge in [0, 0.05) is 29.4 Å². The van der Waals surface area contributed by atoms with Gasteiger partial charge in [-0.25, -0.2) is 0 Å². The summed E-state index contributed by atoms with van der Waals surface area (Å²) < 4.78 is 5.44. The average molecular weight is 311 g/mol. The highest BCUT2D eigenvalue weighted by atomic mass is 32.1. The number of thiophene rings is 1. The van der Waals surface area contributed by atoms with Crippen LogP contribution < -0.4 is 11.1 Å². The number of primary amides is 1. The highest BCUT2D eigenvalue weighted by Crippen LogP contribution is 2.28. The maximum Gasteiger partial charge on any atom is 0.234 e. The molecule has 1 saturated heterocycles. The third-order valence-corrected chi connectivity index (χ3v) is 4.99. The van der Waals surface area contributed by atoms with Gasteiger partial charge in [0.2, 0.25) is 5.91 Å². The lowest BCUT2D eigenvalue weighted by molar-refractivity contribution is -0.120. The molecule has 0 radical (unpaired) electrons. The van der Waals surface area contributed by atoms with Crippen molar-refractivity contribution in [2.24, 2.45) is 5.73 Å². The smallest absolute Gasteiger partial charge is 0.234 e. The van der Waals surface area contributed by atoms with Crippen LogP contribution in [0, 0.1) is 6.92 Å². The molecule has 1 aliphatic heterocycles. The van der Waals surface area contributed by atoms with E-state index in [9.17, 15) is 4.79 Å². The van der Waals surface area contributed by atoms with Crippen LogP contribution in [0.2, 0.25) is 0 Å². The zero-order chi connectivity index (χ0) is 15.2. The van der Waals surface area contributed by atoms with Gasteiger partial charge in [-0.3, -0.25) is 9.69 Å². The Morgan fingerprint density at radius 2 is 2.19 bits per heavy atom. The number of amides is 1. The van der Waals surface area contributed by atoms with Crippen molar-refractivity contribution >= 4 is 17.2 Å². The number of rotatable bonds is 7. The van der Waals surface area contributed by atoms with Gasteiger partial charge >= 0.3 is 0 Å². The van der Waals surface area contributed by atoms with E-state index in [-0.39, 0.29) is 18.0 Å². The van der Waals surface area contributed by atoms with Crippen molar-refractivity contribution in [3.8, 4) is 0 Å². The fraction of sp³-hybridized carbons (Fsp3) is 0.667. The first-order chi connectivity index (χ1) is 10.1. The molecule has 118 valence electrons. The first-order valence-corrected chi connectivity index (χ1v) is 8.34. The van der Waals surface area contributed by atoms with Crippen molar-refractivity contribution in [2.75, 3.05) is 32.8 Å². The number of nitrogens with two attached hydrogens (primary N) is 1. The quantitative estimate of drug-likeness (QED) is 0.796. The Morgan fingerprint density at radius 1 is 1.48 bits per heavy atom. The number of aryl methyl sites for hydroxylation is 1. The molecule has 1 fully saturated rings.